The molecule has 0 aliphatic heterocycles. The third kappa shape index (κ3) is 2.90. The number of aromatic nitrogens is 4. The van der Waals surface area contributed by atoms with Gasteiger partial charge in [-0.05, 0) is 26.2 Å². The Balaban J connectivity index is 1.87. The summed E-state index contributed by atoms with van der Waals surface area (Å²) in [4.78, 5) is 12.1. The molecular formula is C14H17FN4O4. The van der Waals surface area contributed by atoms with E-state index in [4.69, 9.17) is 18.7 Å². The van der Waals surface area contributed by atoms with Gasteiger partial charge in [-0.3, -0.25) is 0 Å². The fraction of sp³-hybridized carbons (Fsp3) is 0.571. The first kappa shape index (κ1) is 15.4. The second-order valence-electron chi connectivity index (χ2n) is 5.24. The van der Waals surface area contributed by atoms with Crippen LogP contribution in [-0.4, -0.2) is 40.4 Å². The third-order valence-electron chi connectivity index (χ3n) is 3.72. The first-order valence-electron chi connectivity index (χ1n) is 7.18. The smallest absolute Gasteiger partial charge is 0.323 e. The summed E-state index contributed by atoms with van der Waals surface area (Å²) in [6, 6.07) is 1.48. The maximum absolute atomic E-state index is 15.3. The average molecular weight is 324 g/mol. The van der Waals surface area contributed by atoms with Gasteiger partial charge >= 0.3 is 6.01 Å². The predicted octanol–water partition coefficient (Wildman–Crippen LogP) is 1.98. The largest absolute Gasteiger partial charge is 0.481 e. The number of ether oxygens (including phenoxy) is 3. The second kappa shape index (κ2) is 5.98. The number of nitrogens with zero attached hydrogens (tertiary/aromatic N) is 4. The lowest BCUT2D eigenvalue weighted by Gasteiger charge is -2.23. The summed E-state index contributed by atoms with van der Waals surface area (Å²) in [5, 5.41) is 3.65. The molecule has 0 aromatic carbocycles. The van der Waals surface area contributed by atoms with Gasteiger partial charge in [0.1, 0.15) is 6.10 Å². The van der Waals surface area contributed by atoms with Crippen LogP contribution in [0.4, 0.5) is 4.39 Å². The summed E-state index contributed by atoms with van der Waals surface area (Å²) in [5.41, 5.74) is -1.86. The van der Waals surface area contributed by atoms with Crippen molar-refractivity contribution < 1.29 is 23.1 Å². The normalized spacial score (nSPS) is 23.7. The zero-order chi connectivity index (χ0) is 16.4. The van der Waals surface area contributed by atoms with E-state index >= 15 is 4.39 Å². The van der Waals surface area contributed by atoms with Crippen LogP contribution in [0.3, 0.4) is 0 Å². The minimum Gasteiger partial charge on any atom is -0.481 e. The zero-order valence-corrected chi connectivity index (χ0v) is 13.1. The molecule has 2 heterocycles. The van der Waals surface area contributed by atoms with Crippen LogP contribution in [0, 0.1) is 6.92 Å². The summed E-state index contributed by atoms with van der Waals surface area (Å²) < 4.78 is 36.1. The third-order valence-corrected chi connectivity index (χ3v) is 3.72. The fourth-order valence-corrected chi connectivity index (χ4v) is 2.57. The van der Waals surface area contributed by atoms with Gasteiger partial charge in [-0.25, -0.2) is 4.39 Å². The quantitative estimate of drug-likeness (QED) is 0.824. The summed E-state index contributed by atoms with van der Waals surface area (Å²) in [7, 11) is 2.92. The Bertz CT molecular complexity index is 673. The Hall–Kier alpha value is -2.45. The molecule has 0 N–H and O–H groups in total. The van der Waals surface area contributed by atoms with Crippen LogP contribution in [-0.2, 0) is 5.67 Å². The minimum absolute atomic E-state index is 0.0219. The lowest BCUT2D eigenvalue weighted by atomic mass is 10.0. The number of hydrogen-bond donors (Lipinski definition) is 0. The molecule has 3 rings (SSSR count). The van der Waals surface area contributed by atoms with Crippen molar-refractivity contribution in [3.8, 4) is 17.8 Å². The second-order valence-corrected chi connectivity index (χ2v) is 5.24. The molecule has 1 aliphatic rings. The lowest BCUT2D eigenvalue weighted by molar-refractivity contribution is -0.000137. The van der Waals surface area contributed by atoms with Crippen LogP contribution in [0.1, 0.15) is 31.0 Å². The first-order chi connectivity index (χ1) is 11.0. The number of methoxy groups -OCH3 is 2. The van der Waals surface area contributed by atoms with Crippen molar-refractivity contribution in [2.45, 2.75) is 38.0 Å². The molecule has 124 valence electrons. The zero-order valence-electron chi connectivity index (χ0n) is 13.1. The van der Waals surface area contributed by atoms with Crippen LogP contribution in [0.2, 0.25) is 0 Å². The van der Waals surface area contributed by atoms with Crippen molar-refractivity contribution in [2.75, 3.05) is 14.2 Å². The molecule has 1 aliphatic carbocycles. The predicted molar refractivity (Wildman–Crippen MR) is 75.2 cm³/mol. The van der Waals surface area contributed by atoms with E-state index in [1.54, 1.807) is 6.92 Å². The van der Waals surface area contributed by atoms with Crippen molar-refractivity contribution in [1.29, 1.82) is 0 Å². The summed E-state index contributed by atoms with van der Waals surface area (Å²) >= 11 is 0. The maximum Gasteiger partial charge on any atom is 0.323 e. The van der Waals surface area contributed by atoms with Crippen LogP contribution < -0.4 is 14.2 Å². The van der Waals surface area contributed by atoms with Gasteiger partial charge in [-0.2, -0.15) is 15.0 Å². The molecule has 1 saturated carbocycles. The molecule has 2 atom stereocenters. The Labute approximate surface area is 132 Å². The molecule has 8 nitrogen and oxygen atoms in total. The van der Waals surface area contributed by atoms with Gasteiger partial charge < -0.3 is 18.7 Å². The number of hydrogen-bond acceptors (Lipinski definition) is 8. The van der Waals surface area contributed by atoms with Crippen molar-refractivity contribution in [1.82, 2.24) is 20.1 Å². The molecule has 2 unspecified atom stereocenters. The highest BCUT2D eigenvalue weighted by molar-refractivity contribution is 5.23. The van der Waals surface area contributed by atoms with E-state index in [-0.39, 0.29) is 30.1 Å². The van der Waals surface area contributed by atoms with E-state index in [1.165, 1.54) is 20.3 Å². The molecule has 0 radical (unpaired) electrons. The maximum atomic E-state index is 15.3. The van der Waals surface area contributed by atoms with Crippen molar-refractivity contribution in [3.63, 3.8) is 0 Å². The molecule has 0 saturated heterocycles. The van der Waals surface area contributed by atoms with E-state index in [2.05, 4.69) is 20.1 Å². The fourth-order valence-electron chi connectivity index (χ4n) is 2.57. The lowest BCUT2D eigenvalue weighted by Crippen LogP contribution is -2.35. The minimum atomic E-state index is -1.86. The van der Waals surface area contributed by atoms with Gasteiger partial charge in [0, 0.05) is 0 Å². The van der Waals surface area contributed by atoms with Gasteiger partial charge in [0.25, 0.3) is 5.89 Å². The Morgan fingerprint density at radius 1 is 1.22 bits per heavy atom. The van der Waals surface area contributed by atoms with E-state index in [0.717, 1.165) is 0 Å². The monoisotopic (exact) mass is 324 g/mol. The van der Waals surface area contributed by atoms with Gasteiger partial charge in [0.2, 0.25) is 17.4 Å². The molecule has 2 aromatic heterocycles. The van der Waals surface area contributed by atoms with Gasteiger partial charge in [-0.15, -0.1) is 0 Å². The first-order valence-corrected chi connectivity index (χ1v) is 7.18. The molecule has 0 amide bonds. The highest BCUT2D eigenvalue weighted by Gasteiger charge is 2.51. The Morgan fingerprint density at radius 3 is 2.48 bits per heavy atom. The van der Waals surface area contributed by atoms with Crippen LogP contribution in [0.15, 0.2) is 10.6 Å². The van der Waals surface area contributed by atoms with Gasteiger partial charge in [0.15, 0.2) is 5.82 Å². The van der Waals surface area contributed by atoms with Crippen molar-refractivity contribution in [2.24, 2.45) is 0 Å². The number of alkyl halides is 1. The molecule has 0 bridgehead atoms. The Morgan fingerprint density at radius 2 is 1.91 bits per heavy atom. The molecule has 1 fully saturated rings. The number of halogens is 1. The Kier molecular flexibility index (Phi) is 4.01. The van der Waals surface area contributed by atoms with E-state index in [0.29, 0.717) is 18.7 Å². The van der Waals surface area contributed by atoms with Crippen LogP contribution in [0.25, 0.3) is 0 Å². The van der Waals surface area contributed by atoms with E-state index in [9.17, 15) is 0 Å². The van der Waals surface area contributed by atoms with Crippen LogP contribution in [0.5, 0.6) is 17.8 Å². The molecule has 0 spiro atoms. The molecular weight excluding hydrogens is 307 g/mol. The topological polar surface area (TPSA) is 92.4 Å². The highest BCUT2D eigenvalue weighted by atomic mass is 19.1. The number of rotatable bonds is 5. The SMILES string of the molecule is COc1cc(OC)nc(OC2CCCC2(F)c2nc(C)no2)n1. The molecule has 9 heteroatoms. The summed E-state index contributed by atoms with van der Waals surface area (Å²) in [6.45, 7) is 1.64. The standard InChI is InChI=1S/C14H17FN4O4/c1-8-16-12(23-19-8)14(15)6-4-5-9(14)22-13-17-10(20-2)7-11(18-13)21-3/h7,9H,4-6H2,1-3H3. The average Bonchev–Trinajstić information content (AvgIpc) is 3.14. The van der Waals surface area contributed by atoms with E-state index < -0.39 is 11.8 Å². The van der Waals surface area contributed by atoms with E-state index in [1.807, 2.05) is 0 Å². The summed E-state index contributed by atoms with van der Waals surface area (Å²) in [6.07, 6.45) is 0.532. The summed E-state index contributed by atoms with van der Waals surface area (Å²) in [5.74, 6) is 0.834. The van der Waals surface area contributed by atoms with Crippen molar-refractivity contribution >= 4 is 0 Å². The number of aryl methyl sites for hydroxylation is 1. The van der Waals surface area contributed by atoms with Crippen molar-refractivity contribution in [3.05, 3.63) is 17.8 Å². The molecule has 2 aromatic rings. The van der Waals surface area contributed by atoms with Gasteiger partial charge in [0.05, 0.1) is 20.3 Å². The van der Waals surface area contributed by atoms with Gasteiger partial charge in [-0.1, -0.05) is 5.16 Å². The van der Waals surface area contributed by atoms with Crippen LogP contribution >= 0.6 is 0 Å². The highest BCUT2D eigenvalue weighted by Crippen LogP contribution is 2.43. The molecule has 23 heavy (non-hydrogen) atoms.